The van der Waals surface area contributed by atoms with Crippen molar-refractivity contribution in [3.8, 4) is 0 Å². The summed E-state index contributed by atoms with van der Waals surface area (Å²) in [5.74, 6) is 0. The topological polar surface area (TPSA) is 4.93 Å². The number of nitrogens with zero attached hydrogens (tertiary/aromatic N) is 1. The van der Waals surface area contributed by atoms with Crippen molar-refractivity contribution in [3.63, 3.8) is 0 Å². The fourth-order valence-electron chi connectivity index (χ4n) is 1.11. The lowest BCUT2D eigenvalue weighted by Gasteiger charge is -1.97. The summed E-state index contributed by atoms with van der Waals surface area (Å²) in [5.41, 5.74) is 2.56. The van der Waals surface area contributed by atoms with E-state index in [1.807, 2.05) is 4.57 Å². The van der Waals surface area contributed by atoms with E-state index in [2.05, 4.69) is 26.2 Å². The molecule has 0 unspecified atom stereocenters. The normalized spacial score (nSPS) is 10.5. The van der Waals surface area contributed by atoms with Crippen molar-refractivity contribution in [1.82, 2.24) is 4.57 Å². The van der Waals surface area contributed by atoms with Crippen LogP contribution in [0.2, 0.25) is 0 Å². The third kappa shape index (κ3) is 2.07. The summed E-state index contributed by atoms with van der Waals surface area (Å²) in [6, 6.07) is 0. The molecule has 1 aromatic heterocycles. The molecule has 0 aromatic carbocycles. The minimum absolute atomic E-state index is 0.226. The van der Waals surface area contributed by atoms with Gasteiger partial charge in [-0.25, -0.2) is 0 Å². The summed E-state index contributed by atoms with van der Waals surface area (Å²) in [5, 5.41) is 0. The third-order valence-electron chi connectivity index (χ3n) is 1.89. The zero-order valence-electron chi connectivity index (χ0n) is 7.10. The molecule has 0 aliphatic heterocycles. The number of hydrogen-bond donors (Lipinski definition) is 0. The Morgan fingerprint density at radius 1 is 1.27 bits per heavy atom. The van der Waals surface area contributed by atoms with Gasteiger partial charge in [0.2, 0.25) is 0 Å². The van der Waals surface area contributed by atoms with Crippen LogP contribution in [0.15, 0.2) is 12.4 Å². The van der Waals surface area contributed by atoms with E-state index in [1.54, 1.807) is 0 Å². The summed E-state index contributed by atoms with van der Waals surface area (Å²) in [7, 11) is 0. The van der Waals surface area contributed by atoms with Gasteiger partial charge < -0.3 is 4.57 Å². The Morgan fingerprint density at radius 3 is 2.27 bits per heavy atom. The van der Waals surface area contributed by atoms with Crippen LogP contribution >= 0.6 is 0 Å². The van der Waals surface area contributed by atoms with Crippen molar-refractivity contribution < 1.29 is 4.39 Å². The monoisotopic (exact) mass is 155 g/mol. The molecule has 62 valence electrons. The van der Waals surface area contributed by atoms with Gasteiger partial charge >= 0.3 is 0 Å². The number of aromatic nitrogens is 1. The molecule has 1 aromatic rings. The summed E-state index contributed by atoms with van der Waals surface area (Å²) < 4.78 is 13.8. The Balaban J connectivity index is 2.58. The lowest BCUT2D eigenvalue weighted by molar-refractivity contribution is 0.447. The first-order valence-corrected chi connectivity index (χ1v) is 3.93. The summed E-state index contributed by atoms with van der Waals surface area (Å²) in [6.45, 7) is 4.71. The van der Waals surface area contributed by atoms with Gasteiger partial charge in [-0.3, -0.25) is 4.39 Å². The van der Waals surface area contributed by atoms with Crippen molar-refractivity contribution in [3.05, 3.63) is 23.5 Å². The van der Waals surface area contributed by atoms with Crippen molar-refractivity contribution in [2.24, 2.45) is 0 Å². The fourth-order valence-corrected chi connectivity index (χ4v) is 1.11. The van der Waals surface area contributed by atoms with Crippen LogP contribution in [-0.4, -0.2) is 11.2 Å². The standard InChI is InChI=1S/C9H14FN/c1-8-6-11(5-3-4-10)7-9(8)2/h6-7H,3-5H2,1-2H3. The van der Waals surface area contributed by atoms with Gasteiger partial charge in [0.25, 0.3) is 0 Å². The van der Waals surface area contributed by atoms with Crippen molar-refractivity contribution >= 4 is 0 Å². The number of halogens is 1. The van der Waals surface area contributed by atoms with E-state index in [1.165, 1.54) is 11.1 Å². The Labute approximate surface area is 66.8 Å². The van der Waals surface area contributed by atoms with Gasteiger partial charge in [-0.2, -0.15) is 0 Å². The van der Waals surface area contributed by atoms with E-state index in [0.717, 1.165) is 6.54 Å². The van der Waals surface area contributed by atoms with E-state index < -0.39 is 0 Å². The Hall–Kier alpha value is -0.790. The van der Waals surface area contributed by atoms with E-state index in [-0.39, 0.29) is 6.67 Å². The lowest BCUT2D eigenvalue weighted by atomic mass is 10.2. The van der Waals surface area contributed by atoms with Crippen LogP contribution in [0.1, 0.15) is 17.5 Å². The largest absolute Gasteiger partial charge is 0.354 e. The van der Waals surface area contributed by atoms with Gasteiger partial charge in [0.1, 0.15) is 0 Å². The smallest absolute Gasteiger partial charge is 0.0911 e. The molecule has 0 saturated carbocycles. The molecule has 0 spiro atoms. The van der Waals surface area contributed by atoms with Crippen molar-refractivity contribution in [1.29, 1.82) is 0 Å². The zero-order chi connectivity index (χ0) is 8.27. The maximum absolute atomic E-state index is 11.8. The second kappa shape index (κ2) is 3.56. The van der Waals surface area contributed by atoms with Gasteiger partial charge in [0, 0.05) is 18.9 Å². The summed E-state index contributed by atoms with van der Waals surface area (Å²) in [6.07, 6.45) is 4.74. The Bertz CT molecular complexity index is 208. The molecule has 0 amide bonds. The van der Waals surface area contributed by atoms with E-state index in [0.29, 0.717) is 6.42 Å². The van der Waals surface area contributed by atoms with Crippen LogP contribution in [0.5, 0.6) is 0 Å². The molecule has 2 heteroatoms. The highest BCUT2D eigenvalue weighted by atomic mass is 19.1. The molecule has 0 aliphatic carbocycles. The quantitative estimate of drug-likeness (QED) is 0.632. The molecule has 0 fully saturated rings. The molecule has 0 N–H and O–H groups in total. The number of alkyl halides is 1. The van der Waals surface area contributed by atoms with Crippen LogP contribution < -0.4 is 0 Å². The summed E-state index contributed by atoms with van der Waals surface area (Å²) in [4.78, 5) is 0. The van der Waals surface area contributed by atoms with Gasteiger partial charge in [-0.15, -0.1) is 0 Å². The Kier molecular flexibility index (Phi) is 2.69. The maximum atomic E-state index is 11.8. The van der Waals surface area contributed by atoms with E-state index in [4.69, 9.17) is 0 Å². The maximum Gasteiger partial charge on any atom is 0.0911 e. The third-order valence-corrected chi connectivity index (χ3v) is 1.89. The van der Waals surface area contributed by atoms with Gasteiger partial charge in [0.05, 0.1) is 6.67 Å². The second-order valence-corrected chi connectivity index (χ2v) is 2.90. The SMILES string of the molecule is Cc1cn(CCCF)cc1C. The fraction of sp³-hybridized carbons (Fsp3) is 0.556. The van der Waals surface area contributed by atoms with Gasteiger partial charge in [-0.1, -0.05) is 0 Å². The van der Waals surface area contributed by atoms with Crippen molar-refractivity contribution in [2.75, 3.05) is 6.67 Å². The molecule has 0 aliphatic rings. The lowest BCUT2D eigenvalue weighted by Crippen LogP contribution is -1.94. The molecule has 1 rings (SSSR count). The second-order valence-electron chi connectivity index (χ2n) is 2.90. The van der Waals surface area contributed by atoms with Crippen LogP contribution in [0.3, 0.4) is 0 Å². The molecular formula is C9H14FN. The summed E-state index contributed by atoms with van der Waals surface area (Å²) >= 11 is 0. The Morgan fingerprint density at radius 2 is 1.82 bits per heavy atom. The number of rotatable bonds is 3. The van der Waals surface area contributed by atoms with Crippen molar-refractivity contribution in [2.45, 2.75) is 26.8 Å². The van der Waals surface area contributed by atoms with Crippen LogP contribution in [0.4, 0.5) is 4.39 Å². The minimum Gasteiger partial charge on any atom is -0.354 e. The van der Waals surface area contributed by atoms with Crippen LogP contribution in [0.25, 0.3) is 0 Å². The van der Waals surface area contributed by atoms with E-state index >= 15 is 0 Å². The molecule has 0 radical (unpaired) electrons. The number of hydrogen-bond acceptors (Lipinski definition) is 0. The molecule has 0 bridgehead atoms. The number of aryl methyl sites for hydroxylation is 3. The van der Waals surface area contributed by atoms with Gasteiger partial charge in [0.15, 0.2) is 0 Å². The van der Waals surface area contributed by atoms with E-state index in [9.17, 15) is 4.39 Å². The highest BCUT2D eigenvalue weighted by molar-refractivity contribution is 5.20. The molecule has 11 heavy (non-hydrogen) atoms. The minimum atomic E-state index is -0.226. The molecule has 0 saturated heterocycles. The molecular weight excluding hydrogens is 141 g/mol. The molecule has 1 heterocycles. The predicted molar refractivity (Wildman–Crippen MR) is 44.5 cm³/mol. The first-order chi connectivity index (χ1) is 5.24. The highest BCUT2D eigenvalue weighted by Crippen LogP contribution is 2.07. The van der Waals surface area contributed by atoms with Gasteiger partial charge in [-0.05, 0) is 31.4 Å². The first kappa shape index (κ1) is 8.31. The van der Waals surface area contributed by atoms with Crippen LogP contribution in [0, 0.1) is 13.8 Å². The molecule has 0 atom stereocenters. The first-order valence-electron chi connectivity index (χ1n) is 3.93. The van der Waals surface area contributed by atoms with Crippen LogP contribution in [-0.2, 0) is 6.54 Å². The highest BCUT2D eigenvalue weighted by Gasteiger charge is 1.96. The molecule has 1 nitrogen and oxygen atoms in total. The average Bonchev–Trinajstić information content (AvgIpc) is 2.28. The average molecular weight is 155 g/mol. The predicted octanol–water partition coefficient (Wildman–Crippen LogP) is 2.46. The zero-order valence-corrected chi connectivity index (χ0v) is 7.10.